The Bertz CT molecular complexity index is 821. The summed E-state index contributed by atoms with van der Waals surface area (Å²) < 4.78 is 5.45. The number of para-hydroxylation sites is 1. The highest BCUT2D eigenvalue weighted by Gasteiger charge is 2.45. The summed E-state index contributed by atoms with van der Waals surface area (Å²) in [4.78, 5) is 16.5. The fourth-order valence-corrected chi connectivity index (χ4v) is 3.81. The first-order chi connectivity index (χ1) is 10.7. The molecular weight excluding hydrogens is 278 g/mol. The third-order valence-corrected chi connectivity index (χ3v) is 4.88. The van der Waals surface area contributed by atoms with Gasteiger partial charge in [-0.1, -0.05) is 24.6 Å². The molecule has 1 saturated carbocycles. The predicted octanol–water partition coefficient (Wildman–Crippen LogP) is 3.49. The van der Waals surface area contributed by atoms with Crippen molar-refractivity contribution in [2.45, 2.75) is 37.5 Å². The van der Waals surface area contributed by atoms with E-state index in [1.54, 1.807) is 0 Å². The molecule has 1 N–H and O–H groups in total. The molecule has 112 valence electrons. The quantitative estimate of drug-likeness (QED) is 0.922. The van der Waals surface area contributed by atoms with Crippen LogP contribution in [0, 0.1) is 0 Å². The van der Waals surface area contributed by atoms with E-state index < -0.39 is 5.43 Å². The van der Waals surface area contributed by atoms with Crippen molar-refractivity contribution in [3.8, 4) is 5.75 Å². The predicted molar refractivity (Wildman–Crippen MR) is 84.0 cm³/mol. The molecule has 0 radical (unpaired) electrons. The van der Waals surface area contributed by atoms with E-state index in [4.69, 9.17) is 9.41 Å². The first-order valence-electron chi connectivity index (χ1n) is 7.68. The Morgan fingerprint density at radius 1 is 1.23 bits per heavy atom. The van der Waals surface area contributed by atoms with Gasteiger partial charge in [-0.3, -0.25) is 9.79 Å². The first-order valence-corrected chi connectivity index (χ1v) is 7.68. The molecule has 0 amide bonds. The average Bonchev–Trinajstić information content (AvgIpc) is 2.86. The van der Waals surface area contributed by atoms with E-state index in [1.807, 2.05) is 18.2 Å². The summed E-state index contributed by atoms with van der Waals surface area (Å²) in [5.41, 5.74) is 2.74. The van der Waals surface area contributed by atoms with Crippen molar-refractivity contribution in [2.75, 3.05) is 0 Å². The average molecular weight is 295 g/mol. The minimum atomic E-state index is -0.391. The SMILES string of the molecule is O=c1ccoc(C[C@@]23CCCCC2=Nc2ccccc23)c1O. The van der Waals surface area contributed by atoms with Gasteiger partial charge in [0, 0.05) is 23.6 Å². The monoisotopic (exact) mass is 295 g/mol. The van der Waals surface area contributed by atoms with Gasteiger partial charge in [-0.25, -0.2) is 0 Å². The topological polar surface area (TPSA) is 62.8 Å². The molecule has 4 heteroatoms. The third-order valence-electron chi connectivity index (χ3n) is 4.88. The second kappa shape index (κ2) is 4.83. The van der Waals surface area contributed by atoms with Crippen LogP contribution >= 0.6 is 0 Å². The Morgan fingerprint density at radius 2 is 2.09 bits per heavy atom. The Kier molecular flexibility index (Phi) is 2.93. The second-order valence-electron chi connectivity index (χ2n) is 6.10. The number of aromatic hydroxyl groups is 1. The highest BCUT2D eigenvalue weighted by atomic mass is 16.4. The lowest BCUT2D eigenvalue weighted by Crippen LogP contribution is -2.38. The van der Waals surface area contributed by atoms with Gasteiger partial charge in [0.25, 0.3) is 0 Å². The molecule has 0 saturated heterocycles. The van der Waals surface area contributed by atoms with E-state index in [-0.39, 0.29) is 11.2 Å². The maximum Gasteiger partial charge on any atom is 0.226 e. The van der Waals surface area contributed by atoms with Crippen LogP contribution in [0.5, 0.6) is 5.75 Å². The molecule has 4 rings (SSSR count). The molecule has 0 spiro atoms. The maximum atomic E-state index is 11.7. The van der Waals surface area contributed by atoms with Gasteiger partial charge < -0.3 is 9.52 Å². The standard InChI is InChI=1S/C18H17NO3/c20-14-8-10-22-15(17(14)21)11-18-9-4-3-7-16(18)19-13-6-2-1-5-12(13)18/h1-2,5-6,8,10,21H,3-4,7,9,11H2/t18-/m1/s1. The lowest BCUT2D eigenvalue weighted by molar-refractivity contribution is 0.362. The number of benzene rings is 1. The summed E-state index contributed by atoms with van der Waals surface area (Å²) >= 11 is 0. The fraction of sp³-hybridized carbons (Fsp3) is 0.333. The van der Waals surface area contributed by atoms with Gasteiger partial charge in [-0.05, 0) is 30.9 Å². The number of aliphatic imine (C=N–C) groups is 1. The van der Waals surface area contributed by atoms with Crippen molar-refractivity contribution in [2.24, 2.45) is 4.99 Å². The van der Waals surface area contributed by atoms with Crippen LogP contribution in [0.25, 0.3) is 0 Å². The molecule has 1 aliphatic heterocycles. The molecule has 1 aliphatic carbocycles. The van der Waals surface area contributed by atoms with E-state index in [0.29, 0.717) is 12.2 Å². The van der Waals surface area contributed by atoms with Crippen molar-refractivity contribution < 1.29 is 9.52 Å². The van der Waals surface area contributed by atoms with Crippen molar-refractivity contribution in [3.05, 3.63) is 58.1 Å². The summed E-state index contributed by atoms with van der Waals surface area (Å²) in [7, 11) is 0. The van der Waals surface area contributed by atoms with Gasteiger partial charge in [-0.2, -0.15) is 0 Å². The van der Waals surface area contributed by atoms with Crippen molar-refractivity contribution in [3.63, 3.8) is 0 Å². The number of fused-ring (bicyclic) bond motifs is 3. The van der Waals surface area contributed by atoms with Gasteiger partial charge in [-0.15, -0.1) is 0 Å². The van der Waals surface area contributed by atoms with Crippen LogP contribution in [-0.4, -0.2) is 10.8 Å². The lowest BCUT2D eigenvalue weighted by Gasteiger charge is -2.35. The Balaban J connectivity index is 1.85. The molecule has 0 bridgehead atoms. The van der Waals surface area contributed by atoms with Crippen LogP contribution in [0.1, 0.15) is 37.0 Å². The highest BCUT2D eigenvalue weighted by Crippen LogP contribution is 2.49. The smallest absolute Gasteiger partial charge is 0.226 e. The molecule has 2 aliphatic rings. The van der Waals surface area contributed by atoms with Gasteiger partial charge >= 0.3 is 0 Å². The van der Waals surface area contributed by atoms with Gasteiger partial charge in [0.2, 0.25) is 11.2 Å². The molecule has 4 nitrogen and oxygen atoms in total. The van der Waals surface area contributed by atoms with E-state index in [1.165, 1.54) is 17.9 Å². The molecule has 22 heavy (non-hydrogen) atoms. The summed E-state index contributed by atoms with van der Waals surface area (Å²) in [5, 5.41) is 10.0. The Morgan fingerprint density at radius 3 is 3.00 bits per heavy atom. The van der Waals surface area contributed by atoms with Crippen LogP contribution in [0.3, 0.4) is 0 Å². The lowest BCUT2D eigenvalue weighted by atomic mass is 9.66. The zero-order valence-corrected chi connectivity index (χ0v) is 12.2. The van der Waals surface area contributed by atoms with E-state index in [2.05, 4.69) is 6.07 Å². The maximum absolute atomic E-state index is 11.7. The molecule has 2 aromatic rings. The van der Waals surface area contributed by atoms with Crippen LogP contribution in [0.15, 0.2) is 50.8 Å². The molecular formula is C18H17NO3. The number of rotatable bonds is 2. The zero-order valence-electron chi connectivity index (χ0n) is 12.2. The molecule has 2 heterocycles. The van der Waals surface area contributed by atoms with Gasteiger partial charge in [0.05, 0.1) is 12.0 Å². The summed E-state index contributed by atoms with van der Waals surface area (Å²) in [5.74, 6) is 0.0879. The molecule has 1 atom stereocenters. The summed E-state index contributed by atoms with van der Waals surface area (Å²) in [6.07, 6.45) is 6.04. The number of hydrogen-bond acceptors (Lipinski definition) is 4. The summed E-state index contributed by atoms with van der Waals surface area (Å²) in [6.45, 7) is 0. The van der Waals surface area contributed by atoms with Crippen LogP contribution < -0.4 is 5.43 Å². The van der Waals surface area contributed by atoms with Crippen LogP contribution in [-0.2, 0) is 11.8 Å². The van der Waals surface area contributed by atoms with E-state index in [0.717, 1.165) is 37.1 Å². The summed E-state index contributed by atoms with van der Waals surface area (Å²) in [6, 6.07) is 9.40. The largest absolute Gasteiger partial charge is 0.502 e. The minimum absolute atomic E-state index is 0.233. The molecule has 1 fully saturated rings. The van der Waals surface area contributed by atoms with Crippen molar-refractivity contribution in [1.82, 2.24) is 0 Å². The van der Waals surface area contributed by atoms with E-state index >= 15 is 0 Å². The first kappa shape index (κ1) is 13.3. The second-order valence-corrected chi connectivity index (χ2v) is 6.10. The minimum Gasteiger partial charge on any atom is -0.502 e. The Labute approximate surface area is 128 Å². The van der Waals surface area contributed by atoms with Gasteiger partial charge in [0.1, 0.15) is 0 Å². The van der Waals surface area contributed by atoms with Gasteiger partial charge in [0.15, 0.2) is 5.76 Å². The third kappa shape index (κ3) is 1.83. The fourth-order valence-electron chi connectivity index (χ4n) is 3.81. The number of hydrogen-bond donors (Lipinski definition) is 1. The highest BCUT2D eigenvalue weighted by molar-refractivity contribution is 6.02. The molecule has 1 aromatic carbocycles. The van der Waals surface area contributed by atoms with E-state index in [9.17, 15) is 9.90 Å². The van der Waals surface area contributed by atoms with Crippen molar-refractivity contribution in [1.29, 1.82) is 0 Å². The zero-order chi connectivity index (χ0) is 15.2. The molecule has 1 aromatic heterocycles. The van der Waals surface area contributed by atoms with Crippen LogP contribution in [0.4, 0.5) is 5.69 Å². The number of nitrogens with zero attached hydrogens (tertiary/aromatic N) is 1. The van der Waals surface area contributed by atoms with Crippen LogP contribution in [0.2, 0.25) is 0 Å². The Hall–Kier alpha value is -2.36. The molecule has 0 unspecified atom stereocenters. The van der Waals surface area contributed by atoms with Crippen molar-refractivity contribution >= 4 is 11.4 Å². The normalized spacial score (nSPS) is 22.8.